The lowest BCUT2D eigenvalue weighted by Gasteiger charge is -2.13. The zero-order valence-electron chi connectivity index (χ0n) is 11.1. The normalized spacial score (nSPS) is 16.1. The number of hydrogen-bond donors (Lipinski definition) is 2. The Morgan fingerprint density at radius 1 is 1.42 bits per heavy atom. The van der Waals surface area contributed by atoms with Gasteiger partial charge < -0.3 is 10.2 Å². The fraction of sp³-hybridized carbons (Fsp3) is 0.500. The quantitative estimate of drug-likeness (QED) is 0.743. The molecule has 1 amide bonds. The van der Waals surface area contributed by atoms with E-state index < -0.39 is 0 Å². The highest BCUT2D eigenvalue weighted by Crippen LogP contribution is 2.19. The van der Waals surface area contributed by atoms with E-state index in [1.165, 1.54) is 9.80 Å². The molecule has 1 fully saturated rings. The lowest BCUT2D eigenvalue weighted by atomic mass is 10.4. The van der Waals surface area contributed by atoms with E-state index in [0.29, 0.717) is 12.6 Å². The zero-order valence-corrected chi connectivity index (χ0v) is 12.7. The Labute approximate surface area is 123 Å². The molecule has 2 rings (SSSR count). The molecule has 1 atom stereocenters. The lowest BCUT2D eigenvalue weighted by Crippen LogP contribution is -3.10. The van der Waals surface area contributed by atoms with Gasteiger partial charge in [-0.2, -0.15) is 0 Å². The SMILES string of the molecule is C[NH+](CCSc1ccc(Cl)cc1)CC(=O)NC1CC1. The molecule has 19 heavy (non-hydrogen) atoms. The highest BCUT2D eigenvalue weighted by atomic mass is 35.5. The molecule has 1 aliphatic rings. The Balaban J connectivity index is 1.61. The van der Waals surface area contributed by atoms with Crippen molar-refractivity contribution in [2.75, 3.05) is 25.9 Å². The van der Waals surface area contributed by atoms with Crippen LogP contribution >= 0.6 is 23.4 Å². The summed E-state index contributed by atoms with van der Waals surface area (Å²) in [5.41, 5.74) is 0. The fourth-order valence-electron chi connectivity index (χ4n) is 1.74. The zero-order chi connectivity index (χ0) is 13.7. The number of nitrogens with one attached hydrogen (secondary N) is 2. The summed E-state index contributed by atoms with van der Waals surface area (Å²) in [6.45, 7) is 1.54. The van der Waals surface area contributed by atoms with Crippen LogP contribution in [0.4, 0.5) is 0 Å². The van der Waals surface area contributed by atoms with Gasteiger partial charge in [-0.15, -0.1) is 11.8 Å². The van der Waals surface area contributed by atoms with Crippen molar-refractivity contribution in [1.82, 2.24) is 5.32 Å². The molecule has 5 heteroatoms. The molecule has 0 saturated heterocycles. The summed E-state index contributed by atoms with van der Waals surface area (Å²) in [4.78, 5) is 14.1. The fourth-order valence-corrected chi connectivity index (χ4v) is 2.88. The second kappa shape index (κ2) is 7.17. The number of carbonyl (C=O) groups is 1. The van der Waals surface area contributed by atoms with Crippen LogP contribution < -0.4 is 10.2 Å². The van der Waals surface area contributed by atoms with Gasteiger partial charge in [0.15, 0.2) is 6.54 Å². The van der Waals surface area contributed by atoms with Crippen molar-refractivity contribution in [3.63, 3.8) is 0 Å². The molecule has 1 saturated carbocycles. The number of benzene rings is 1. The van der Waals surface area contributed by atoms with Gasteiger partial charge in [0.25, 0.3) is 5.91 Å². The van der Waals surface area contributed by atoms with Crippen molar-refractivity contribution >= 4 is 29.3 Å². The first-order valence-electron chi connectivity index (χ1n) is 6.62. The van der Waals surface area contributed by atoms with Crippen LogP contribution in [0.3, 0.4) is 0 Å². The maximum atomic E-state index is 11.6. The molecule has 0 bridgehead atoms. The smallest absolute Gasteiger partial charge is 0.275 e. The van der Waals surface area contributed by atoms with Crippen LogP contribution in [0.25, 0.3) is 0 Å². The first-order chi connectivity index (χ1) is 9.13. The predicted molar refractivity (Wildman–Crippen MR) is 80.0 cm³/mol. The Hall–Kier alpha value is -0.710. The number of halogens is 1. The number of amides is 1. The minimum Gasteiger partial charge on any atom is -0.348 e. The average Bonchev–Trinajstić information content (AvgIpc) is 3.15. The van der Waals surface area contributed by atoms with E-state index in [1.54, 1.807) is 11.8 Å². The molecule has 0 radical (unpaired) electrons. The molecule has 1 aliphatic carbocycles. The van der Waals surface area contributed by atoms with Crippen LogP contribution in [0.15, 0.2) is 29.2 Å². The Bertz CT molecular complexity index is 420. The van der Waals surface area contributed by atoms with Gasteiger partial charge in [-0.05, 0) is 37.1 Å². The maximum absolute atomic E-state index is 11.6. The largest absolute Gasteiger partial charge is 0.348 e. The minimum atomic E-state index is 0.177. The van der Waals surface area contributed by atoms with Gasteiger partial charge in [0.2, 0.25) is 0 Å². The third kappa shape index (κ3) is 5.85. The van der Waals surface area contributed by atoms with E-state index in [9.17, 15) is 4.79 Å². The second-order valence-corrected chi connectivity index (χ2v) is 6.63. The van der Waals surface area contributed by atoms with Crippen LogP contribution in [-0.2, 0) is 4.79 Å². The molecule has 0 heterocycles. The molecule has 0 aromatic heterocycles. The number of carbonyl (C=O) groups excluding carboxylic acids is 1. The van der Waals surface area contributed by atoms with Crippen LogP contribution in [0.2, 0.25) is 5.02 Å². The van der Waals surface area contributed by atoms with E-state index in [4.69, 9.17) is 11.6 Å². The van der Waals surface area contributed by atoms with Gasteiger partial charge >= 0.3 is 0 Å². The van der Waals surface area contributed by atoms with Crippen molar-refractivity contribution in [2.24, 2.45) is 0 Å². The molecule has 2 N–H and O–H groups in total. The van der Waals surface area contributed by atoms with Crippen molar-refractivity contribution in [3.05, 3.63) is 29.3 Å². The number of rotatable bonds is 7. The van der Waals surface area contributed by atoms with E-state index in [1.807, 2.05) is 24.3 Å². The van der Waals surface area contributed by atoms with Gasteiger partial charge in [0.05, 0.1) is 13.6 Å². The third-order valence-electron chi connectivity index (χ3n) is 3.02. The van der Waals surface area contributed by atoms with Gasteiger partial charge in [-0.3, -0.25) is 4.79 Å². The topological polar surface area (TPSA) is 33.5 Å². The van der Waals surface area contributed by atoms with Crippen LogP contribution in [0.5, 0.6) is 0 Å². The van der Waals surface area contributed by atoms with E-state index in [-0.39, 0.29) is 5.91 Å². The molecule has 1 aromatic carbocycles. The summed E-state index contributed by atoms with van der Waals surface area (Å²) in [6.07, 6.45) is 2.30. The lowest BCUT2D eigenvalue weighted by molar-refractivity contribution is -0.868. The summed E-state index contributed by atoms with van der Waals surface area (Å²) in [5, 5.41) is 3.79. The van der Waals surface area contributed by atoms with E-state index in [0.717, 1.165) is 30.2 Å². The van der Waals surface area contributed by atoms with Crippen LogP contribution in [0, 0.1) is 0 Å². The number of quaternary nitrogens is 1. The molecule has 1 aromatic rings. The second-order valence-electron chi connectivity index (χ2n) is 5.03. The molecule has 0 aliphatic heterocycles. The molecule has 1 unspecified atom stereocenters. The van der Waals surface area contributed by atoms with Crippen molar-refractivity contribution in [1.29, 1.82) is 0 Å². The van der Waals surface area contributed by atoms with Crippen LogP contribution in [-0.4, -0.2) is 37.8 Å². The summed E-state index contributed by atoms with van der Waals surface area (Å²) in [7, 11) is 2.06. The van der Waals surface area contributed by atoms with Gasteiger partial charge in [0.1, 0.15) is 0 Å². The molecule has 104 valence electrons. The summed E-state index contributed by atoms with van der Waals surface area (Å²) < 4.78 is 0. The molecule has 0 spiro atoms. The maximum Gasteiger partial charge on any atom is 0.275 e. The van der Waals surface area contributed by atoms with E-state index in [2.05, 4.69) is 12.4 Å². The van der Waals surface area contributed by atoms with Gasteiger partial charge in [0, 0.05) is 21.7 Å². The molecular formula is C14H20ClN2OS+. The highest BCUT2D eigenvalue weighted by Gasteiger charge is 2.24. The Kier molecular flexibility index (Phi) is 5.55. The number of hydrogen-bond acceptors (Lipinski definition) is 2. The van der Waals surface area contributed by atoms with Crippen molar-refractivity contribution in [3.8, 4) is 0 Å². The Morgan fingerprint density at radius 3 is 2.74 bits per heavy atom. The predicted octanol–water partition coefficient (Wildman–Crippen LogP) is 1.23. The third-order valence-corrected chi connectivity index (χ3v) is 4.28. The van der Waals surface area contributed by atoms with E-state index >= 15 is 0 Å². The summed E-state index contributed by atoms with van der Waals surface area (Å²) in [6, 6.07) is 8.33. The number of likely N-dealkylation sites (N-methyl/N-ethyl adjacent to an activating group) is 1. The minimum absolute atomic E-state index is 0.177. The molecule has 3 nitrogen and oxygen atoms in total. The van der Waals surface area contributed by atoms with Gasteiger partial charge in [-0.1, -0.05) is 11.6 Å². The number of thioether (sulfide) groups is 1. The monoisotopic (exact) mass is 299 g/mol. The first-order valence-corrected chi connectivity index (χ1v) is 7.99. The van der Waals surface area contributed by atoms with Gasteiger partial charge in [-0.25, -0.2) is 0 Å². The highest BCUT2D eigenvalue weighted by molar-refractivity contribution is 7.99. The molecular weight excluding hydrogens is 280 g/mol. The standard InChI is InChI=1S/C14H19ClN2OS/c1-17(10-14(18)16-12-4-5-12)8-9-19-13-6-2-11(15)3-7-13/h2-3,6-7,12H,4-5,8-10H2,1H3,(H,16,18)/p+1. The van der Waals surface area contributed by atoms with Crippen molar-refractivity contribution < 1.29 is 9.69 Å². The first kappa shape index (κ1) is 14.7. The average molecular weight is 300 g/mol. The summed E-state index contributed by atoms with van der Waals surface area (Å²) in [5.74, 6) is 1.18. The summed E-state index contributed by atoms with van der Waals surface area (Å²) >= 11 is 7.64. The van der Waals surface area contributed by atoms with Crippen LogP contribution in [0.1, 0.15) is 12.8 Å². The van der Waals surface area contributed by atoms with Crippen molar-refractivity contribution in [2.45, 2.75) is 23.8 Å². The Morgan fingerprint density at radius 2 is 2.11 bits per heavy atom.